The lowest BCUT2D eigenvalue weighted by Crippen LogP contribution is -2.35. The van der Waals surface area contributed by atoms with Gasteiger partial charge in [0.15, 0.2) is 12.4 Å². The fourth-order valence-corrected chi connectivity index (χ4v) is 3.85. The molecule has 2 N–H and O–H groups in total. The number of aromatic nitrogens is 1. The Morgan fingerprint density at radius 2 is 1.91 bits per heavy atom. The summed E-state index contributed by atoms with van der Waals surface area (Å²) < 4.78 is 42.6. The number of rotatable bonds is 7. The minimum atomic E-state index is -4.45. The maximum atomic E-state index is 13.0. The van der Waals surface area contributed by atoms with Crippen LogP contribution >= 0.6 is 12.2 Å². The van der Waals surface area contributed by atoms with Gasteiger partial charge in [0.1, 0.15) is 10.7 Å². The zero-order chi connectivity index (χ0) is 23.4. The van der Waals surface area contributed by atoms with Gasteiger partial charge in [-0.25, -0.2) is 0 Å². The molecule has 5 nitrogen and oxygen atoms in total. The van der Waals surface area contributed by atoms with E-state index in [-0.39, 0.29) is 23.5 Å². The van der Waals surface area contributed by atoms with Crippen LogP contribution in [0.5, 0.6) is 5.75 Å². The fourth-order valence-electron chi connectivity index (χ4n) is 3.50. The molecular weight excluding hydrogens is 439 g/mol. The highest BCUT2D eigenvalue weighted by Gasteiger charge is 2.35. The molecule has 0 spiro atoms. The van der Waals surface area contributed by atoms with Crippen molar-refractivity contribution in [1.82, 2.24) is 10.3 Å². The van der Waals surface area contributed by atoms with Crippen molar-refractivity contribution in [2.75, 3.05) is 11.9 Å². The Labute approximate surface area is 190 Å². The van der Waals surface area contributed by atoms with E-state index in [0.29, 0.717) is 34.7 Å². The van der Waals surface area contributed by atoms with Gasteiger partial charge in [0.05, 0.1) is 11.8 Å². The molecule has 0 fully saturated rings. The quantitative estimate of drug-likeness (QED) is 0.551. The summed E-state index contributed by atoms with van der Waals surface area (Å²) in [5.41, 5.74) is 2.03. The molecule has 1 aliphatic carbocycles. The second-order valence-electron chi connectivity index (χ2n) is 8.36. The minimum absolute atomic E-state index is 0.0332. The summed E-state index contributed by atoms with van der Waals surface area (Å²) in [6.07, 6.45) is -0.820. The number of ketones is 1. The second kappa shape index (κ2) is 9.68. The summed E-state index contributed by atoms with van der Waals surface area (Å²) in [5.74, 6) is -0.0497. The van der Waals surface area contributed by atoms with Gasteiger partial charge < -0.3 is 15.4 Å². The van der Waals surface area contributed by atoms with Crippen LogP contribution in [0.1, 0.15) is 32.3 Å². The van der Waals surface area contributed by atoms with E-state index in [1.165, 1.54) is 12.4 Å². The second-order valence-corrected chi connectivity index (χ2v) is 8.76. The molecule has 0 bridgehead atoms. The molecule has 32 heavy (non-hydrogen) atoms. The number of carbonyl (C=O) groups is 1. The normalized spacial score (nSPS) is 16.0. The lowest BCUT2D eigenvalue weighted by molar-refractivity contribution is -0.153. The zero-order valence-corrected chi connectivity index (χ0v) is 18.6. The number of hydrogen-bond acceptors (Lipinski definition) is 5. The van der Waals surface area contributed by atoms with Crippen LogP contribution in [0.4, 0.5) is 18.9 Å². The van der Waals surface area contributed by atoms with E-state index in [2.05, 4.69) is 15.6 Å². The van der Waals surface area contributed by atoms with Crippen LogP contribution in [0.15, 0.2) is 60.1 Å². The molecule has 0 amide bonds. The molecule has 0 saturated carbocycles. The summed E-state index contributed by atoms with van der Waals surface area (Å²) in [6, 6.07) is 10.9. The number of ether oxygens (including phenoxy) is 1. The van der Waals surface area contributed by atoms with Crippen molar-refractivity contribution >= 4 is 28.7 Å². The molecule has 0 unspecified atom stereocenters. The summed E-state index contributed by atoms with van der Waals surface area (Å²) in [5, 5.41) is 6.32. The molecule has 1 aromatic carbocycles. The van der Waals surface area contributed by atoms with E-state index in [4.69, 9.17) is 17.0 Å². The smallest absolute Gasteiger partial charge is 0.422 e. The van der Waals surface area contributed by atoms with E-state index in [9.17, 15) is 18.0 Å². The molecule has 1 aliphatic rings. The first kappa shape index (κ1) is 23.7. The number of benzene rings is 1. The monoisotopic (exact) mass is 463 g/mol. The van der Waals surface area contributed by atoms with Gasteiger partial charge in [-0.2, -0.15) is 13.2 Å². The molecular formula is C23H24F3N3O2S. The van der Waals surface area contributed by atoms with E-state index >= 15 is 0 Å². The minimum Gasteiger partial charge on any atom is -0.482 e. The molecule has 0 saturated heterocycles. The number of nitrogens with zero attached hydrogens (tertiary/aromatic N) is 1. The average molecular weight is 464 g/mol. The van der Waals surface area contributed by atoms with Crippen molar-refractivity contribution in [1.29, 1.82) is 0 Å². The van der Waals surface area contributed by atoms with Crippen LogP contribution in [-0.4, -0.2) is 28.5 Å². The highest BCUT2D eigenvalue weighted by molar-refractivity contribution is 7.81. The van der Waals surface area contributed by atoms with Gasteiger partial charge in [-0.3, -0.25) is 9.78 Å². The van der Waals surface area contributed by atoms with Gasteiger partial charge in [0.2, 0.25) is 0 Å². The molecule has 0 atom stereocenters. The molecule has 3 rings (SSSR count). The number of halogens is 3. The van der Waals surface area contributed by atoms with E-state index in [1.54, 1.807) is 6.07 Å². The van der Waals surface area contributed by atoms with Gasteiger partial charge in [-0.05, 0) is 30.0 Å². The van der Waals surface area contributed by atoms with Crippen molar-refractivity contribution in [3.8, 4) is 5.75 Å². The van der Waals surface area contributed by atoms with Crippen molar-refractivity contribution in [2.24, 2.45) is 5.41 Å². The summed E-state index contributed by atoms with van der Waals surface area (Å²) in [6.45, 7) is 2.73. The molecule has 1 aromatic heterocycles. The lowest BCUT2D eigenvalue weighted by Gasteiger charge is -2.33. The summed E-state index contributed by atoms with van der Waals surface area (Å²) in [7, 11) is 0. The summed E-state index contributed by atoms with van der Waals surface area (Å²) >= 11 is 5.53. The van der Waals surface area contributed by atoms with Gasteiger partial charge in [-0.1, -0.05) is 44.3 Å². The first-order valence-corrected chi connectivity index (χ1v) is 10.4. The highest BCUT2D eigenvalue weighted by Crippen LogP contribution is 2.36. The van der Waals surface area contributed by atoms with Crippen LogP contribution < -0.4 is 15.4 Å². The lowest BCUT2D eigenvalue weighted by atomic mass is 9.75. The number of allylic oxidation sites excluding steroid dienone is 1. The highest BCUT2D eigenvalue weighted by atomic mass is 32.1. The van der Waals surface area contributed by atoms with E-state index in [0.717, 1.165) is 5.69 Å². The van der Waals surface area contributed by atoms with Crippen molar-refractivity contribution < 1.29 is 22.7 Å². The number of para-hydroxylation sites is 1. The predicted molar refractivity (Wildman–Crippen MR) is 120 cm³/mol. The maximum absolute atomic E-state index is 13.0. The molecule has 0 aliphatic heterocycles. The Hall–Kier alpha value is -2.94. The van der Waals surface area contributed by atoms with Crippen LogP contribution in [0.3, 0.4) is 0 Å². The molecule has 2 aromatic rings. The number of alkyl halides is 3. The van der Waals surface area contributed by atoms with Gasteiger partial charge in [0.25, 0.3) is 0 Å². The van der Waals surface area contributed by atoms with Crippen LogP contribution in [0.25, 0.3) is 0 Å². The molecule has 1 heterocycles. The Bertz CT molecular complexity index is 1020. The average Bonchev–Trinajstić information content (AvgIpc) is 2.70. The van der Waals surface area contributed by atoms with Gasteiger partial charge in [0, 0.05) is 36.1 Å². The predicted octanol–water partition coefficient (Wildman–Crippen LogP) is 5.20. The number of pyridine rings is 1. The third-order valence-corrected chi connectivity index (χ3v) is 5.19. The van der Waals surface area contributed by atoms with Crippen molar-refractivity contribution in [2.45, 2.75) is 39.4 Å². The first-order valence-electron chi connectivity index (χ1n) is 10.0. The standard InChI is InChI=1S/C23H24F3N3O2S/c1-22(2)10-17(20(18(30)11-22)21(32)29-16-6-4-3-5-7-16)28-12-15-8-9-27-13-19(15)31-14-23(24,25)26/h3-9,13,28H,10-12,14H2,1-2H3,(H,29,32). The Balaban J connectivity index is 1.83. The van der Waals surface area contributed by atoms with Gasteiger partial charge >= 0.3 is 6.18 Å². The largest absolute Gasteiger partial charge is 0.482 e. The van der Waals surface area contributed by atoms with Crippen LogP contribution in [0, 0.1) is 5.41 Å². The number of anilines is 1. The number of thiocarbonyl (C=S) groups is 1. The van der Waals surface area contributed by atoms with Gasteiger partial charge in [-0.15, -0.1) is 0 Å². The van der Waals surface area contributed by atoms with E-state index < -0.39 is 12.8 Å². The Morgan fingerprint density at radius 3 is 2.59 bits per heavy atom. The fraction of sp³-hybridized carbons (Fsp3) is 0.348. The molecule has 170 valence electrons. The topological polar surface area (TPSA) is 63.2 Å². The first-order chi connectivity index (χ1) is 15.0. The summed E-state index contributed by atoms with van der Waals surface area (Å²) in [4.78, 5) is 17.1. The third-order valence-electron chi connectivity index (χ3n) is 4.89. The maximum Gasteiger partial charge on any atom is 0.422 e. The number of nitrogens with one attached hydrogen (secondary N) is 2. The van der Waals surface area contributed by atoms with E-state index in [1.807, 2.05) is 44.2 Å². The Morgan fingerprint density at radius 1 is 1.19 bits per heavy atom. The van der Waals surface area contributed by atoms with Crippen molar-refractivity contribution in [3.63, 3.8) is 0 Å². The Kier molecular flexibility index (Phi) is 7.18. The zero-order valence-electron chi connectivity index (χ0n) is 17.8. The number of hydrogen-bond donors (Lipinski definition) is 2. The molecule has 9 heteroatoms. The third kappa shape index (κ3) is 6.53. The van der Waals surface area contributed by atoms with Crippen LogP contribution in [-0.2, 0) is 11.3 Å². The number of carbonyl (C=O) groups excluding carboxylic acids is 1. The molecule has 0 radical (unpaired) electrons. The van der Waals surface area contributed by atoms with Crippen LogP contribution in [0.2, 0.25) is 0 Å². The number of Topliss-reactive ketones (excluding diaryl/α,β-unsaturated/α-hetero) is 1. The SMILES string of the molecule is CC1(C)CC(=O)C(C(=S)Nc2ccccc2)=C(NCc2ccncc2OCC(F)(F)F)C1. The van der Waals surface area contributed by atoms with Crippen molar-refractivity contribution in [3.05, 3.63) is 65.6 Å².